The van der Waals surface area contributed by atoms with Crippen molar-refractivity contribution >= 4 is 23.2 Å². The Hall–Kier alpha value is -2.54. The molecule has 7 heteroatoms. The third-order valence-electron chi connectivity index (χ3n) is 5.10. The number of hydrogen-bond donors (Lipinski definition) is 0. The van der Waals surface area contributed by atoms with E-state index in [4.69, 9.17) is 9.47 Å². The predicted molar refractivity (Wildman–Crippen MR) is 125 cm³/mol. The maximum atomic E-state index is 13.2. The molecule has 1 heterocycles. The average Bonchev–Trinajstić information content (AvgIpc) is 3.26. The number of carbonyl (C=O) groups is 2. The summed E-state index contributed by atoms with van der Waals surface area (Å²) in [7, 11) is 3.22. The lowest BCUT2D eigenvalue weighted by molar-refractivity contribution is -0.144. The van der Waals surface area contributed by atoms with Crippen LogP contribution in [0.1, 0.15) is 38.1 Å². The van der Waals surface area contributed by atoms with Crippen molar-refractivity contribution in [2.24, 2.45) is 5.92 Å². The number of thiophene rings is 1. The number of carbonyl (C=O) groups excluding carboxylic acids is 2. The molecule has 0 aliphatic rings. The fourth-order valence-electron chi connectivity index (χ4n) is 3.28. The predicted octanol–water partition coefficient (Wildman–Crippen LogP) is 4.23. The molecule has 6 nitrogen and oxygen atoms in total. The minimum Gasteiger partial charge on any atom is -0.493 e. The van der Waals surface area contributed by atoms with Crippen molar-refractivity contribution < 1.29 is 19.1 Å². The topological polar surface area (TPSA) is 59.1 Å². The van der Waals surface area contributed by atoms with Gasteiger partial charge in [-0.15, -0.1) is 11.3 Å². The van der Waals surface area contributed by atoms with Crippen molar-refractivity contribution in [1.29, 1.82) is 0 Å². The Bertz CT molecular complexity index is 849. The van der Waals surface area contributed by atoms with Crippen LogP contribution in [0, 0.1) is 5.92 Å². The quantitative estimate of drug-likeness (QED) is 0.518. The molecule has 2 amide bonds. The van der Waals surface area contributed by atoms with Crippen molar-refractivity contribution in [2.45, 2.75) is 46.7 Å². The number of hydrogen-bond acceptors (Lipinski definition) is 5. The minimum absolute atomic E-state index is 0.000635. The highest BCUT2D eigenvalue weighted by Gasteiger charge is 2.25. The van der Waals surface area contributed by atoms with E-state index in [2.05, 4.69) is 0 Å². The van der Waals surface area contributed by atoms with Gasteiger partial charge in [0.15, 0.2) is 11.5 Å². The molecule has 0 bridgehead atoms. The van der Waals surface area contributed by atoms with Crippen LogP contribution in [0.2, 0.25) is 0 Å². The van der Waals surface area contributed by atoms with Gasteiger partial charge in [-0.2, -0.15) is 0 Å². The normalized spacial score (nSPS) is 11.0. The molecule has 170 valence electrons. The zero-order valence-electron chi connectivity index (χ0n) is 19.4. The second kappa shape index (κ2) is 11.7. The van der Waals surface area contributed by atoms with Gasteiger partial charge in [-0.25, -0.2) is 0 Å². The molecule has 0 N–H and O–H groups in total. The minimum atomic E-state index is -0.146. The second-order valence-corrected chi connectivity index (χ2v) is 9.08. The van der Waals surface area contributed by atoms with Gasteiger partial charge in [0.05, 0.1) is 27.3 Å². The molecule has 31 heavy (non-hydrogen) atoms. The molecule has 2 aromatic rings. The molecule has 1 aromatic carbocycles. The molecular formula is C24H34N2O4S. The van der Waals surface area contributed by atoms with E-state index in [-0.39, 0.29) is 30.3 Å². The third-order valence-corrected chi connectivity index (χ3v) is 5.96. The number of nitrogens with zero attached hydrogens (tertiary/aromatic N) is 2. The Morgan fingerprint density at radius 2 is 1.74 bits per heavy atom. The van der Waals surface area contributed by atoms with Crippen molar-refractivity contribution in [3.05, 3.63) is 46.2 Å². The molecular weight excluding hydrogens is 412 g/mol. The average molecular weight is 447 g/mol. The molecule has 0 radical (unpaired) electrons. The first-order chi connectivity index (χ1) is 14.8. The van der Waals surface area contributed by atoms with Crippen LogP contribution in [-0.2, 0) is 22.6 Å². The molecule has 0 aliphatic heterocycles. The summed E-state index contributed by atoms with van der Waals surface area (Å²) >= 11 is 1.63. The summed E-state index contributed by atoms with van der Waals surface area (Å²) in [6.45, 7) is 8.79. The third kappa shape index (κ3) is 6.99. The van der Waals surface area contributed by atoms with Crippen LogP contribution >= 0.6 is 11.3 Å². The van der Waals surface area contributed by atoms with Crippen LogP contribution in [0.15, 0.2) is 35.7 Å². The Labute approximate surface area is 189 Å². The van der Waals surface area contributed by atoms with E-state index in [0.717, 1.165) is 10.4 Å². The van der Waals surface area contributed by atoms with Gasteiger partial charge in [-0.05, 0) is 49.4 Å². The van der Waals surface area contributed by atoms with Crippen LogP contribution in [0.3, 0.4) is 0 Å². The summed E-state index contributed by atoms with van der Waals surface area (Å²) in [5.41, 5.74) is 1.06. The first-order valence-corrected chi connectivity index (χ1v) is 11.5. The van der Waals surface area contributed by atoms with Crippen molar-refractivity contribution in [3.8, 4) is 11.5 Å². The van der Waals surface area contributed by atoms with E-state index < -0.39 is 0 Å². The summed E-state index contributed by atoms with van der Waals surface area (Å²) in [5, 5.41) is 2.01. The summed E-state index contributed by atoms with van der Waals surface area (Å²) in [4.78, 5) is 30.5. The van der Waals surface area contributed by atoms with Crippen LogP contribution in [-0.4, -0.2) is 55.0 Å². The van der Waals surface area contributed by atoms with Gasteiger partial charge in [0.25, 0.3) is 0 Å². The molecule has 0 unspecified atom stereocenters. The molecule has 0 saturated heterocycles. The Kier molecular flexibility index (Phi) is 9.37. The number of amides is 2. The molecule has 2 rings (SSSR count). The Morgan fingerprint density at radius 1 is 1.03 bits per heavy atom. The maximum absolute atomic E-state index is 13.2. The Morgan fingerprint density at radius 3 is 2.29 bits per heavy atom. The van der Waals surface area contributed by atoms with Crippen LogP contribution < -0.4 is 9.47 Å². The van der Waals surface area contributed by atoms with Crippen LogP contribution in [0.5, 0.6) is 11.5 Å². The fourth-order valence-corrected chi connectivity index (χ4v) is 3.99. The lowest BCUT2D eigenvalue weighted by atomic mass is 10.1. The lowest BCUT2D eigenvalue weighted by Crippen LogP contribution is -2.47. The molecule has 0 fully saturated rings. The molecule has 1 aromatic heterocycles. The van der Waals surface area contributed by atoms with E-state index in [1.807, 2.05) is 68.3 Å². The van der Waals surface area contributed by atoms with E-state index in [0.29, 0.717) is 31.0 Å². The molecule has 0 atom stereocenters. The standard InChI is InChI=1S/C24H34N2O4S/c1-17(2)24(28)26(18(3)4)16-23(27)25(15-20-8-7-13-31-20)12-11-19-9-10-21(29-5)22(14-19)30-6/h7-10,13-14,17-18H,11-12,15-16H2,1-6H3. The first-order valence-electron chi connectivity index (χ1n) is 10.6. The van der Waals surface area contributed by atoms with Gasteiger partial charge in [0, 0.05) is 23.4 Å². The van der Waals surface area contributed by atoms with Gasteiger partial charge in [-0.3, -0.25) is 9.59 Å². The van der Waals surface area contributed by atoms with Gasteiger partial charge in [0.2, 0.25) is 11.8 Å². The lowest BCUT2D eigenvalue weighted by Gasteiger charge is -2.31. The van der Waals surface area contributed by atoms with Crippen molar-refractivity contribution in [3.63, 3.8) is 0 Å². The SMILES string of the molecule is COc1ccc(CCN(Cc2cccs2)C(=O)CN(C(=O)C(C)C)C(C)C)cc1OC. The molecule has 0 spiro atoms. The monoisotopic (exact) mass is 446 g/mol. The maximum Gasteiger partial charge on any atom is 0.242 e. The highest BCUT2D eigenvalue weighted by Crippen LogP contribution is 2.28. The summed E-state index contributed by atoms with van der Waals surface area (Å²) in [5.74, 6) is 1.16. The largest absolute Gasteiger partial charge is 0.493 e. The molecule has 0 aliphatic carbocycles. The number of rotatable bonds is 11. The first kappa shape index (κ1) is 24.7. The summed E-state index contributed by atoms with van der Waals surface area (Å²) < 4.78 is 10.7. The molecule has 0 saturated carbocycles. The van der Waals surface area contributed by atoms with Gasteiger partial charge >= 0.3 is 0 Å². The highest BCUT2D eigenvalue weighted by molar-refractivity contribution is 7.09. The smallest absolute Gasteiger partial charge is 0.242 e. The van der Waals surface area contributed by atoms with Crippen LogP contribution in [0.4, 0.5) is 0 Å². The zero-order valence-corrected chi connectivity index (χ0v) is 20.2. The van der Waals surface area contributed by atoms with Gasteiger partial charge in [-0.1, -0.05) is 26.0 Å². The zero-order chi connectivity index (χ0) is 23.0. The number of methoxy groups -OCH3 is 2. The number of ether oxygens (including phenoxy) is 2. The van der Waals surface area contributed by atoms with Gasteiger partial charge < -0.3 is 19.3 Å². The van der Waals surface area contributed by atoms with E-state index in [1.165, 1.54) is 0 Å². The van der Waals surface area contributed by atoms with E-state index in [9.17, 15) is 9.59 Å². The van der Waals surface area contributed by atoms with Gasteiger partial charge in [0.1, 0.15) is 0 Å². The second-order valence-electron chi connectivity index (χ2n) is 8.05. The van der Waals surface area contributed by atoms with E-state index in [1.54, 1.807) is 30.5 Å². The fraction of sp³-hybridized carbons (Fsp3) is 0.500. The Balaban J connectivity index is 2.16. The van der Waals surface area contributed by atoms with E-state index >= 15 is 0 Å². The summed E-state index contributed by atoms with van der Waals surface area (Å²) in [6.07, 6.45) is 0.678. The highest BCUT2D eigenvalue weighted by atomic mass is 32.1. The summed E-state index contributed by atoms with van der Waals surface area (Å²) in [6, 6.07) is 9.78. The van der Waals surface area contributed by atoms with Crippen molar-refractivity contribution in [1.82, 2.24) is 9.80 Å². The number of benzene rings is 1. The van der Waals surface area contributed by atoms with Crippen LogP contribution in [0.25, 0.3) is 0 Å². The van der Waals surface area contributed by atoms with Crippen molar-refractivity contribution in [2.75, 3.05) is 27.3 Å².